The van der Waals surface area contributed by atoms with Crippen molar-refractivity contribution in [2.24, 2.45) is 0 Å². The van der Waals surface area contributed by atoms with Crippen LogP contribution < -0.4 is 5.32 Å². The molecule has 0 aromatic rings. The van der Waals surface area contributed by atoms with Gasteiger partial charge in [-0.05, 0) is 40.7 Å². The van der Waals surface area contributed by atoms with Crippen LogP contribution in [0.5, 0.6) is 0 Å². The van der Waals surface area contributed by atoms with Crippen LogP contribution in [0.2, 0.25) is 0 Å². The van der Waals surface area contributed by atoms with Gasteiger partial charge in [0.15, 0.2) is 0 Å². The zero-order chi connectivity index (χ0) is 11.5. The molecular weight excluding hydrogens is 188 g/mol. The van der Waals surface area contributed by atoms with Crippen molar-refractivity contribution in [2.75, 3.05) is 13.6 Å². The van der Waals surface area contributed by atoms with Gasteiger partial charge < -0.3 is 10.2 Å². The van der Waals surface area contributed by atoms with Crippen molar-refractivity contribution in [3.05, 3.63) is 0 Å². The van der Waals surface area contributed by atoms with E-state index in [0.717, 1.165) is 19.4 Å². The number of rotatable bonds is 2. The quantitative estimate of drug-likeness (QED) is 0.756. The van der Waals surface area contributed by atoms with Gasteiger partial charge in [0, 0.05) is 12.6 Å². The Labute approximate surface area is 93.2 Å². The molecule has 3 heteroatoms. The maximum Gasteiger partial charge on any atom is 0.242 e. The number of likely N-dealkylation sites (N-methyl/N-ethyl adjacent to an activating group) is 1. The summed E-state index contributed by atoms with van der Waals surface area (Å²) in [6.07, 6.45) is 4.81. The highest BCUT2D eigenvalue weighted by Crippen LogP contribution is 2.19. The molecule has 1 atom stereocenters. The monoisotopic (exact) mass is 212 g/mol. The Hall–Kier alpha value is -0.570. The lowest BCUT2D eigenvalue weighted by atomic mass is 10.0. The smallest absolute Gasteiger partial charge is 0.242 e. The minimum atomic E-state index is -0.432. The van der Waals surface area contributed by atoms with Gasteiger partial charge >= 0.3 is 0 Å². The summed E-state index contributed by atoms with van der Waals surface area (Å²) in [6.45, 7) is 6.99. The van der Waals surface area contributed by atoms with Crippen LogP contribution in [0.3, 0.4) is 0 Å². The molecule has 0 aromatic heterocycles. The van der Waals surface area contributed by atoms with Gasteiger partial charge in [-0.3, -0.25) is 4.79 Å². The van der Waals surface area contributed by atoms with Crippen molar-refractivity contribution in [2.45, 2.75) is 58.0 Å². The van der Waals surface area contributed by atoms with Crippen molar-refractivity contribution in [1.29, 1.82) is 0 Å². The van der Waals surface area contributed by atoms with E-state index < -0.39 is 5.54 Å². The minimum Gasteiger partial charge on any atom is -0.338 e. The predicted octanol–water partition coefficient (Wildman–Crippen LogP) is 1.78. The summed E-state index contributed by atoms with van der Waals surface area (Å²) in [7, 11) is 1.85. The molecule has 1 rings (SSSR count). The summed E-state index contributed by atoms with van der Waals surface area (Å²) < 4.78 is 0. The van der Waals surface area contributed by atoms with Crippen molar-refractivity contribution < 1.29 is 4.79 Å². The first-order valence-corrected chi connectivity index (χ1v) is 5.99. The Morgan fingerprint density at radius 3 is 2.60 bits per heavy atom. The molecule has 0 aromatic carbocycles. The van der Waals surface area contributed by atoms with Gasteiger partial charge in [-0.1, -0.05) is 12.8 Å². The van der Waals surface area contributed by atoms with Crippen molar-refractivity contribution >= 4 is 5.91 Å². The molecule has 1 unspecified atom stereocenters. The van der Waals surface area contributed by atoms with E-state index in [4.69, 9.17) is 0 Å². The van der Waals surface area contributed by atoms with Crippen LogP contribution in [-0.4, -0.2) is 36.0 Å². The van der Waals surface area contributed by atoms with E-state index in [9.17, 15) is 4.79 Å². The summed E-state index contributed by atoms with van der Waals surface area (Å²) >= 11 is 0. The molecule has 0 radical (unpaired) electrons. The van der Waals surface area contributed by atoms with E-state index in [0.29, 0.717) is 6.04 Å². The molecule has 3 nitrogen and oxygen atoms in total. The van der Waals surface area contributed by atoms with E-state index in [-0.39, 0.29) is 5.91 Å². The van der Waals surface area contributed by atoms with Gasteiger partial charge in [-0.2, -0.15) is 0 Å². The predicted molar refractivity (Wildman–Crippen MR) is 62.8 cm³/mol. The summed E-state index contributed by atoms with van der Waals surface area (Å²) in [4.78, 5) is 14.3. The van der Waals surface area contributed by atoms with Crippen LogP contribution in [0.1, 0.15) is 46.5 Å². The molecule has 0 bridgehead atoms. The number of nitrogens with zero attached hydrogens (tertiary/aromatic N) is 1. The number of carbonyl (C=O) groups excluding carboxylic acids is 1. The highest BCUT2D eigenvalue weighted by molar-refractivity contribution is 5.85. The molecule has 1 aliphatic heterocycles. The number of carbonyl (C=O) groups is 1. The van der Waals surface area contributed by atoms with Gasteiger partial charge in [-0.25, -0.2) is 0 Å². The van der Waals surface area contributed by atoms with E-state index in [1.807, 2.05) is 25.8 Å². The molecular formula is C12H24N2O. The highest BCUT2D eigenvalue weighted by Gasteiger charge is 2.32. The topological polar surface area (TPSA) is 32.3 Å². The standard InChI is InChI=1S/C12H24N2O/c1-10-8-6-5-7-9-14(10)11(15)12(2,3)13-4/h10,13H,5-9H2,1-4H3. The zero-order valence-corrected chi connectivity index (χ0v) is 10.5. The van der Waals surface area contributed by atoms with Gasteiger partial charge in [0.05, 0.1) is 5.54 Å². The summed E-state index contributed by atoms with van der Waals surface area (Å²) in [6, 6.07) is 0.396. The Balaban J connectivity index is 2.71. The second kappa shape index (κ2) is 4.97. The molecule has 0 saturated carbocycles. The van der Waals surface area contributed by atoms with E-state index in [1.165, 1.54) is 12.8 Å². The fourth-order valence-electron chi connectivity index (χ4n) is 2.04. The molecule has 1 fully saturated rings. The third kappa shape index (κ3) is 2.94. The fourth-order valence-corrected chi connectivity index (χ4v) is 2.04. The van der Waals surface area contributed by atoms with Gasteiger partial charge in [0.25, 0.3) is 0 Å². The Bertz CT molecular complexity index is 226. The molecule has 1 saturated heterocycles. The average Bonchev–Trinajstić information content (AvgIpc) is 2.41. The summed E-state index contributed by atoms with van der Waals surface area (Å²) in [5.74, 6) is 0.236. The number of hydrogen-bond acceptors (Lipinski definition) is 2. The molecule has 88 valence electrons. The lowest BCUT2D eigenvalue weighted by molar-refractivity contribution is -0.138. The first-order valence-electron chi connectivity index (χ1n) is 5.99. The number of amides is 1. The third-order valence-corrected chi connectivity index (χ3v) is 3.47. The van der Waals surface area contributed by atoms with Crippen LogP contribution >= 0.6 is 0 Å². The van der Waals surface area contributed by atoms with Crippen LogP contribution in [0, 0.1) is 0 Å². The van der Waals surface area contributed by atoms with E-state index in [1.54, 1.807) is 0 Å². The second-order valence-corrected chi connectivity index (χ2v) is 5.07. The van der Waals surface area contributed by atoms with Crippen LogP contribution in [0.25, 0.3) is 0 Å². The van der Waals surface area contributed by atoms with Crippen LogP contribution in [0.4, 0.5) is 0 Å². The molecule has 1 heterocycles. The normalized spacial score (nSPS) is 23.7. The van der Waals surface area contributed by atoms with E-state index in [2.05, 4.69) is 12.2 Å². The lowest BCUT2D eigenvalue weighted by Crippen LogP contribution is -2.55. The van der Waals surface area contributed by atoms with Gasteiger partial charge in [-0.15, -0.1) is 0 Å². The van der Waals surface area contributed by atoms with Gasteiger partial charge in [0.2, 0.25) is 5.91 Å². The van der Waals surface area contributed by atoms with Crippen molar-refractivity contribution in [3.8, 4) is 0 Å². The number of likely N-dealkylation sites (tertiary alicyclic amines) is 1. The van der Waals surface area contributed by atoms with Crippen LogP contribution in [0.15, 0.2) is 0 Å². The number of nitrogens with one attached hydrogen (secondary N) is 1. The minimum absolute atomic E-state index is 0.236. The fraction of sp³-hybridized carbons (Fsp3) is 0.917. The molecule has 0 spiro atoms. The number of hydrogen-bond donors (Lipinski definition) is 1. The van der Waals surface area contributed by atoms with Crippen LogP contribution in [-0.2, 0) is 4.79 Å². The van der Waals surface area contributed by atoms with E-state index >= 15 is 0 Å². The summed E-state index contributed by atoms with van der Waals surface area (Å²) in [5.41, 5.74) is -0.432. The Kier molecular flexibility index (Phi) is 4.14. The average molecular weight is 212 g/mol. The summed E-state index contributed by atoms with van der Waals surface area (Å²) in [5, 5.41) is 3.09. The first kappa shape index (κ1) is 12.5. The zero-order valence-electron chi connectivity index (χ0n) is 10.5. The maximum absolute atomic E-state index is 12.3. The van der Waals surface area contributed by atoms with Crippen molar-refractivity contribution in [3.63, 3.8) is 0 Å². The first-order chi connectivity index (χ1) is 6.99. The Morgan fingerprint density at radius 1 is 1.33 bits per heavy atom. The maximum atomic E-state index is 12.3. The lowest BCUT2D eigenvalue weighted by Gasteiger charge is -2.34. The molecule has 1 aliphatic rings. The van der Waals surface area contributed by atoms with Crippen molar-refractivity contribution in [1.82, 2.24) is 10.2 Å². The highest BCUT2D eigenvalue weighted by atomic mass is 16.2. The SMILES string of the molecule is CNC(C)(C)C(=O)N1CCCCCC1C. The molecule has 0 aliphatic carbocycles. The molecule has 1 N–H and O–H groups in total. The van der Waals surface area contributed by atoms with Gasteiger partial charge in [0.1, 0.15) is 0 Å². The second-order valence-electron chi connectivity index (χ2n) is 5.07. The Morgan fingerprint density at radius 2 is 2.00 bits per heavy atom. The largest absolute Gasteiger partial charge is 0.338 e. The molecule has 1 amide bonds. The third-order valence-electron chi connectivity index (χ3n) is 3.47. The molecule has 15 heavy (non-hydrogen) atoms.